The Bertz CT molecular complexity index is 765. The second kappa shape index (κ2) is 8.47. The maximum Gasteiger partial charge on any atom is 0.317 e. The molecule has 1 unspecified atom stereocenters. The fourth-order valence-corrected chi connectivity index (χ4v) is 3.55. The van der Waals surface area contributed by atoms with Crippen molar-refractivity contribution in [2.45, 2.75) is 25.9 Å². The number of anilines is 1. The van der Waals surface area contributed by atoms with E-state index >= 15 is 0 Å². The summed E-state index contributed by atoms with van der Waals surface area (Å²) in [5.41, 5.74) is 3.35. The molecule has 1 aromatic heterocycles. The van der Waals surface area contributed by atoms with Crippen molar-refractivity contribution in [1.29, 1.82) is 0 Å². The molecule has 0 radical (unpaired) electrons. The molecule has 1 saturated heterocycles. The number of morpholine rings is 1. The number of fused-ring (bicyclic) bond motifs is 1. The fraction of sp³-hybridized carbons (Fsp3) is 0.500. The SMILES string of the molecule is CCCc1cc(N2CCOC(CN(C)CC(=O)O)C2)c2ccccc2n1. The third kappa shape index (κ3) is 4.51. The zero-order valence-corrected chi connectivity index (χ0v) is 15.5. The first-order valence-corrected chi connectivity index (χ1v) is 9.22. The number of carbonyl (C=O) groups is 1. The van der Waals surface area contributed by atoms with Crippen LogP contribution in [0.4, 0.5) is 5.69 Å². The van der Waals surface area contributed by atoms with Crippen LogP contribution in [0.3, 0.4) is 0 Å². The highest BCUT2D eigenvalue weighted by Crippen LogP contribution is 2.28. The van der Waals surface area contributed by atoms with Gasteiger partial charge in [-0.1, -0.05) is 31.5 Å². The van der Waals surface area contributed by atoms with E-state index in [-0.39, 0.29) is 12.6 Å². The molecule has 0 amide bonds. The minimum absolute atomic E-state index is 0.00495. The quantitative estimate of drug-likeness (QED) is 0.821. The van der Waals surface area contributed by atoms with E-state index in [2.05, 4.69) is 30.0 Å². The summed E-state index contributed by atoms with van der Waals surface area (Å²) in [5.74, 6) is -0.815. The van der Waals surface area contributed by atoms with Crippen molar-refractivity contribution in [2.75, 3.05) is 44.7 Å². The number of hydrogen-bond acceptors (Lipinski definition) is 5. The fourth-order valence-electron chi connectivity index (χ4n) is 3.55. The van der Waals surface area contributed by atoms with Crippen molar-refractivity contribution in [2.24, 2.45) is 0 Å². The molecule has 2 aromatic rings. The van der Waals surface area contributed by atoms with E-state index in [4.69, 9.17) is 14.8 Å². The maximum atomic E-state index is 10.9. The maximum absolute atomic E-state index is 10.9. The van der Waals surface area contributed by atoms with Gasteiger partial charge in [0.25, 0.3) is 0 Å². The molecule has 0 saturated carbocycles. The third-order valence-corrected chi connectivity index (χ3v) is 4.65. The zero-order valence-electron chi connectivity index (χ0n) is 15.5. The van der Waals surface area contributed by atoms with Gasteiger partial charge in [-0.15, -0.1) is 0 Å². The molecule has 3 rings (SSSR count). The smallest absolute Gasteiger partial charge is 0.317 e. The van der Waals surface area contributed by atoms with E-state index < -0.39 is 5.97 Å². The summed E-state index contributed by atoms with van der Waals surface area (Å²) < 4.78 is 5.88. The van der Waals surface area contributed by atoms with E-state index in [0.717, 1.165) is 42.5 Å². The first kappa shape index (κ1) is 18.6. The van der Waals surface area contributed by atoms with Gasteiger partial charge in [-0.25, -0.2) is 0 Å². The molecule has 6 heteroatoms. The number of pyridine rings is 1. The van der Waals surface area contributed by atoms with Crippen molar-refractivity contribution < 1.29 is 14.6 Å². The molecule has 1 atom stereocenters. The normalized spacial score (nSPS) is 17.8. The Labute approximate surface area is 154 Å². The van der Waals surface area contributed by atoms with Gasteiger partial charge in [-0.05, 0) is 25.6 Å². The van der Waals surface area contributed by atoms with Gasteiger partial charge in [-0.3, -0.25) is 14.7 Å². The van der Waals surface area contributed by atoms with Crippen LogP contribution in [0, 0.1) is 0 Å². The Morgan fingerprint density at radius 3 is 3.00 bits per heavy atom. The molecule has 1 fully saturated rings. The van der Waals surface area contributed by atoms with Gasteiger partial charge < -0.3 is 14.7 Å². The van der Waals surface area contributed by atoms with Crippen LogP contribution in [-0.2, 0) is 16.0 Å². The average Bonchev–Trinajstić information content (AvgIpc) is 2.61. The van der Waals surface area contributed by atoms with Crippen LogP contribution < -0.4 is 4.90 Å². The molecule has 6 nitrogen and oxygen atoms in total. The number of aryl methyl sites for hydroxylation is 1. The van der Waals surface area contributed by atoms with Gasteiger partial charge in [0, 0.05) is 36.4 Å². The first-order valence-electron chi connectivity index (χ1n) is 9.22. The number of benzene rings is 1. The average molecular weight is 357 g/mol. The highest BCUT2D eigenvalue weighted by Gasteiger charge is 2.24. The summed E-state index contributed by atoms with van der Waals surface area (Å²) in [7, 11) is 1.82. The van der Waals surface area contributed by atoms with Gasteiger partial charge >= 0.3 is 5.97 Å². The highest BCUT2D eigenvalue weighted by molar-refractivity contribution is 5.92. The molecule has 1 N–H and O–H groups in total. The number of hydrogen-bond donors (Lipinski definition) is 1. The third-order valence-electron chi connectivity index (χ3n) is 4.65. The first-order chi connectivity index (χ1) is 12.6. The predicted molar refractivity (Wildman–Crippen MR) is 103 cm³/mol. The number of para-hydroxylation sites is 1. The molecule has 0 spiro atoms. The van der Waals surface area contributed by atoms with Crippen molar-refractivity contribution >= 4 is 22.6 Å². The summed E-state index contributed by atoms with van der Waals surface area (Å²) in [6.07, 6.45) is 2.03. The lowest BCUT2D eigenvalue weighted by Crippen LogP contribution is -2.47. The lowest BCUT2D eigenvalue weighted by atomic mass is 10.1. The van der Waals surface area contributed by atoms with Crippen LogP contribution in [0.1, 0.15) is 19.0 Å². The van der Waals surface area contributed by atoms with E-state index in [1.807, 2.05) is 19.2 Å². The molecule has 140 valence electrons. The van der Waals surface area contributed by atoms with E-state index in [1.165, 1.54) is 5.69 Å². The second-order valence-electron chi connectivity index (χ2n) is 6.93. The lowest BCUT2D eigenvalue weighted by molar-refractivity contribution is -0.138. The van der Waals surface area contributed by atoms with Crippen molar-refractivity contribution in [3.63, 3.8) is 0 Å². The van der Waals surface area contributed by atoms with Crippen LogP contribution >= 0.6 is 0 Å². The van der Waals surface area contributed by atoms with E-state index in [9.17, 15) is 4.79 Å². The number of nitrogens with zero attached hydrogens (tertiary/aromatic N) is 3. The molecule has 0 bridgehead atoms. The number of rotatable bonds is 7. The monoisotopic (exact) mass is 357 g/mol. The van der Waals surface area contributed by atoms with Gasteiger partial charge in [0.15, 0.2) is 0 Å². The number of likely N-dealkylation sites (N-methyl/N-ethyl adjacent to an activating group) is 1. The Kier molecular flexibility index (Phi) is 6.06. The summed E-state index contributed by atoms with van der Waals surface area (Å²) in [5, 5.41) is 10.1. The van der Waals surface area contributed by atoms with E-state index in [0.29, 0.717) is 13.2 Å². The van der Waals surface area contributed by atoms with Crippen molar-refractivity contribution in [3.05, 3.63) is 36.0 Å². The number of aliphatic carboxylic acids is 1. The molecular formula is C20H27N3O3. The van der Waals surface area contributed by atoms with Crippen LogP contribution in [0.15, 0.2) is 30.3 Å². The topological polar surface area (TPSA) is 65.9 Å². The molecule has 1 aliphatic rings. The molecule has 0 aliphatic carbocycles. The van der Waals surface area contributed by atoms with Crippen LogP contribution in [-0.4, -0.2) is 66.9 Å². The number of carboxylic acid groups (broad SMARTS) is 1. The molecule has 26 heavy (non-hydrogen) atoms. The van der Waals surface area contributed by atoms with Crippen molar-refractivity contribution in [1.82, 2.24) is 9.88 Å². The summed E-state index contributed by atoms with van der Waals surface area (Å²) in [6.45, 7) is 5.03. The summed E-state index contributed by atoms with van der Waals surface area (Å²) in [4.78, 5) is 19.8. The Morgan fingerprint density at radius 2 is 2.23 bits per heavy atom. The standard InChI is InChI=1S/C20H27N3O3/c1-3-6-15-11-19(17-7-4-5-8-18(17)21-15)23-9-10-26-16(13-23)12-22(2)14-20(24)25/h4-5,7-8,11,16H,3,6,9-10,12-14H2,1-2H3,(H,24,25). The molecular weight excluding hydrogens is 330 g/mol. The minimum Gasteiger partial charge on any atom is -0.480 e. The Morgan fingerprint density at radius 1 is 1.42 bits per heavy atom. The van der Waals surface area contributed by atoms with Crippen LogP contribution in [0.25, 0.3) is 10.9 Å². The van der Waals surface area contributed by atoms with Gasteiger partial charge in [0.05, 0.1) is 24.8 Å². The number of carboxylic acids is 1. The molecule has 1 aromatic carbocycles. The van der Waals surface area contributed by atoms with Crippen LogP contribution in [0.2, 0.25) is 0 Å². The number of ether oxygens (including phenoxy) is 1. The predicted octanol–water partition coefficient (Wildman–Crippen LogP) is 2.41. The van der Waals surface area contributed by atoms with Crippen molar-refractivity contribution in [3.8, 4) is 0 Å². The summed E-state index contributed by atoms with van der Waals surface area (Å²) >= 11 is 0. The second-order valence-corrected chi connectivity index (χ2v) is 6.93. The minimum atomic E-state index is -0.815. The molecule has 1 aliphatic heterocycles. The van der Waals surface area contributed by atoms with Crippen LogP contribution in [0.5, 0.6) is 0 Å². The summed E-state index contributed by atoms with van der Waals surface area (Å²) in [6, 6.07) is 10.5. The Balaban J connectivity index is 1.82. The zero-order chi connectivity index (χ0) is 18.5. The lowest BCUT2D eigenvalue weighted by Gasteiger charge is -2.36. The van der Waals surface area contributed by atoms with Gasteiger partial charge in [0.1, 0.15) is 0 Å². The highest BCUT2D eigenvalue weighted by atomic mass is 16.5. The largest absolute Gasteiger partial charge is 0.480 e. The van der Waals surface area contributed by atoms with E-state index in [1.54, 1.807) is 4.90 Å². The van der Waals surface area contributed by atoms with Gasteiger partial charge in [0.2, 0.25) is 0 Å². The molecule has 2 heterocycles. The number of aromatic nitrogens is 1. The van der Waals surface area contributed by atoms with Gasteiger partial charge in [-0.2, -0.15) is 0 Å². The Hall–Kier alpha value is -2.18.